The third kappa shape index (κ3) is 29.9. The molecule has 1 N–H and O–H groups in total. The van der Waals surface area contributed by atoms with Gasteiger partial charge >= 0.3 is 8.60 Å². The highest BCUT2D eigenvalue weighted by molar-refractivity contribution is 7.41. The SMILES string of the molecule is CCCCCCCCCOP(OCCCCCCCCC)OCCCCCCCCC.Oc1ccccc1. The zero-order chi connectivity index (χ0) is 27.8. The van der Waals surface area contributed by atoms with E-state index in [1.54, 1.807) is 24.3 Å². The van der Waals surface area contributed by atoms with E-state index in [1.165, 1.54) is 116 Å². The van der Waals surface area contributed by atoms with E-state index in [0.717, 1.165) is 39.1 Å². The lowest BCUT2D eigenvalue weighted by atomic mass is 10.1. The second kappa shape index (κ2) is 32.5. The Bertz CT molecular complexity index is 496. The van der Waals surface area contributed by atoms with E-state index in [4.69, 9.17) is 18.7 Å². The Kier molecular flexibility index (Phi) is 32.0. The summed E-state index contributed by atoms with van der Waals surface area (Å²) in [6, 6.07) is 8.71. The van der Waals surface area contributed by atoms with Crippen molar-refractivity contribution in [2.75, 3.05) is 19.8 Å². The summed E-state index contributed by atoms with van der Waals surface area (Å²) in [4.78, 5) is 0. The van der Waals surface area contributed by atoms with Gasteiger partial charge in [0.25, 0.3) is 0 Å². The molecule has 0 atom stereocenters. The molecule has 0 aliphatic carbocycles. The highest BCUT2D eigenvalue weighted by atomic mass is 31.2. The van der Waals surface area contributed by atoms with Gasteiger partial charge in [-0.2, -0.15) is 0 Å². The second-order valence-corrected chi connectivity index (χ2v) is 11.6. The summed E-state index contributed by atoms with van der Waals surface area (Å²) >= 11 is 0. The van der Waals surface area contributed by atoms with E-state index < -0.39 is 8.60 Å². The minimum Gasteiger partial charge on any atom is -0.508 e. The van der Waals surface area contributed by atoms with Gasteiger partial charge in [-0.3, -0.25) is 0 Å². The highest BCUT2D eigenvalue weighted by Crippen LogP contribution is 2.40. The van der Waals surface area contributed by atoms with Crippen molar-refractivity contribution < 1.29 is 18.7 Å². The van der Waals surface area contributed by atoms with Crippen LogP contribution in [0.1, 0.15) is 156 Å². The molecule has 1 rings (SSSR count). The van der Waals surface area contributed by atoms with E-state index in [9.17, 15) is 0 Å². The van der Waals surface area contributed by atoms with Crippen molar-refractivity contribution in [3.8, 4) is 5.75 Å². The number of phenolic OH excluding ortho intramolecular Hbond substituents is 1. The number of benzene rings is 1. The molecule has 0 aromatic heterocycles. The lowest BCUT2D eigenvalue weighted by Crippen LogP contribution is -2.00. The Labute approximate surface area is 238 Å². The predicted octanol–water partition coefficient (Wildman–Crippen LogP) is 11.9. The smallest absolute Gasteiger partial charge is 0.332 e. The largest absolute Gasteiger partial charge is 0.508 e. The Balaban J connectivity index is 0.00000167. The first-order valence-electron chi connectivity index (χ1n) is 16.2. The Morgan fingerprint density at radius 2 is 0.737 bits per heavy atom. The average molecular weight is 555 g/mol. The van der Waals surface area contributed by atoms with E-state index in [2.05, 4.69) is 20.8 Å². The number of rotatable bonds is 27. The monoisotopic (exact) mass is 554 g/mol. The van der Waals surface area contributed by atoms with Crippen LogP contribution in [0.2, 0.25) is 0 Å². The van der Waals surface area contributed by atoms with Crippen LogP contribution in [0.3, 0.4) is 0 Å². The number of aromatic hydroxyl groups is 1. The summed E-state index contributed by atoms with van der Waals surface area (Å²) in [7, 11) is -1.15. The minimum absolute atomic E-state index is 0.322. The number of para-hydroxylation sites is 1. The molecule has 0 aliphatic heterocycles. The van der Waals surface area contributed by atoms with E-state index in [0.29, 0.717) is 5.75 Å². The van der Waals surface area contributed by atoms with Crippen LogP contribution in [-0.4, -0.2) is 24.9 Å². The van der Waals surface area contributed by atoms with E-state index in [1.807, 2.05) is 6.07 Å². The van der Waals surface area contributed by atoms with Gasteiger partial charge in [0.05, 0.1) is 19.8 Å². The van der Waals surface area contributed by atoms with Crippen molar-refractivity contribution in [2.24, 2.45) is 0 Å². The van der Waals surface area contributed by atoms with Gasteiger partial charge in [-0.1, -0.05) is 155 Å². The summed E-state index contributed by atoms with van der Waals surface area (Å²) in [5, 5.41) is 8.63. The van der Waals surface area contributed by atoms with E-state index >= 15 is 0 Å². The maximum absolute atomic E-state index is 8.63. The molecule has 0 unspecified atom stereocenters. The first-order valence-corrected chi connectivity index (χ1v) is 17.3. The summed E-state index contributed by atoms with van der Waals surface area (Å²) in [6.45, 7) is 9.17. The maximum Gasteiger partial charge on any atom is 0.332 e. The quantitative estimate of drug-likeness (QED) is 0.0867. The molecule has 1 aromatic carbocycles. The van der Waals surface area contributed by atoms with Gasteiger partial charge < -0.3 is 18.7 Å². The van der Waals surface area contributed by atoms with Crippen molar-refractivity contribution in [2.45, 2.75) is 156 Å². The molecular weight excluding hydrogens is 491 g/mol. The lowest BCUT2D eigenvalue weighted by Gasteiger charge is -2.17. The third-order valence-corrected chi connectivity index (χ3v) is 7.77. The molecule has 0 aliphatic rings. The third-order valence-electron chi connectivity index (χ3n) is 6.59. The van der Waals surface area contributed by atoms with Gasteiger partial charge in [-0.05, 0) is 31.4 Å². The van der Waals surface area contributed by atoms with Crippen LogP contribution in [0.15, 0.2) is 30.3 Å². The highest BCUT2D eigenvalue weighted by Gasteiger charge is 2.12. The molecule has 38 heavy (non-hydrogen) atoms. The van der Waals surface area contributed by atoms with Crippen molar-refractivity contribution in [1.29, 1.82) is 0 Å². The maximum atomic E-state index is 8.63. The standard InChI is InChI=1S/C27H57O3P.C6H6O/c1-4-7-10-13-16-19-22-25-28-31(29-26-23-20-17-14-11-8-5-2)30-27-24-21-18-15-12-9-6-3;7-6-4-2-1-3-5-6/h4-27H2,1-3H3;1-5,7H. The van der Waals surface area contributed by atoms with Gasteiger partial charge in [0.1, 0.15) is 5.75 Å². The van der Waals surface area contributed by atoms with Crippen LogP contribution < -0.4 is 0 Å². The Morgan fingerprint density at radius 3 is 1.00 bits per heavy atom. The molecule has 4 nitrogen and oxygen atoms in total. The summed E-state index contributed by atoms with van der Waals surface area (Å²) in [6.07, 6.45) is 27.5. The molecule has 5 heteroatoms. The van der Waals surface area contributed by atoms with Gasteiger partial charge in [0.15, 0.2) is 0 Å². The molecule has 0 radical (unpaired) electrons. The predicted molar refractivity (Wildman–Crippen MR) is 167 cm³/mol. The Hall–Kier alpha value is -0.670. The summed E-state index contributed by atoms with van der Waals surface area (Å²) in [5.41, 5.74) is 0. The molecule has 224 valence electrons. The fraction of sp³-hybridized carbons (Fsp3) is 0.818. The van der Waals surface area contributed by atoms with Crippen molar-refractivity contribution in [3.63, 3.8) is 0 Å². The molecule has 0 bridgehead atoms. The van der Waals surface area contributed by atoms with Crippen molar-refractivity contribution >= 4 is 8.60 Å². The number of hydrogen-bond donors (Lipinski definition) is 1. The van der Waals surface area contributed by atoms with Crippen LogP contribution in [0.5, 0.6) is 5.75 Å². The molecule has 0 amide bonds. The molecule has 1 aromatic rings. The van der Waals surface area contributed by atoms with Gasteiger partial charge in [-0.15, -0.1) is 0 Å². The van der Waals surface area contributed by atoms with Crippen LogP contribution in [0.25, 0.3) is 0 Å². The van der Waals surface area contributed by atoms with E-state index in [-0.39, 0.29) is 0 Å². The fourth-order valence-electron chi connectivity index (χ4n) is 4.13. The van der Waals surface area contributed by atoms with Gasteiger partial charge in [-0.25, -0.2) is 0 Å². The normalized spacial score (nSPS) is 11.1. The lowest BCUT2D eigenvalue weighted by molar-refractivity contribution is 0.153. The Morgan fingerprint density at radius 1 is 0.447 bits per heavy atom. The summed E-state index contributed by atoms with van der Waals surface area (Å²) < 4.78 is 18.0. The van der Waals surface area contributed by atoms with Crippen LogP contribution >= 0.6 is 8.60 Å². The second-order valence-electron chi connectivity index (χ2n) is 10.4. The van der Waals surface area contributed by atoms with Crippen LogP contribution in [0, 0.1) is 0 Å². The topological polar surface area (TPSA) is 47.9 Å². The molecule has 0 saturated heterocycles. The first-order chi connectivity index (χ1) is 18.7. The molecule has 0 saturated carbocycles. The zero-order valence-corrected chi connectivity index (χ0v) is 26.4. The minimum atomic E-state index is -1.15. The van der Waals surface area contributed by atoms with Gasteiger partial charge in [0.2, 0.25) is 0 Å². The molecule has 0 fully saturated rings. The molecule has 0 heterocycles. The number of unbranched alkanes of at least 4 members (excludes halogenated alkanes) is 18. The van der Waals surface area contributed by atoms with Crippen LogP contribution in [-0.2, 0) is 13.6 Å². The van der Waals surface area contributed by atoms with Crippen LogP contribution in [0.4, 0.5) is 0 Å². The first kappa shape index (κ1) is 37.3. The fourth-order valence-corrected chi connectivity index (χ4v) is 5.19. The van der Waals surface area contributed by atoms with Crippen molar-refractivity contribution in [1.82, 2.24) is 0 Å². The van der Waals surface area contributed by atoms with Crippen molar-refractivity contribution in [3.05, 3.63) is 30.3 Å². The number of phenols is 1. The zero-order valence-electron chi connectivity index (χ0n) is 25.5. The van der Waals surface area contributed by atoms with Gasteiger partial charge in [0, 0.05) is 0 Å². The number of hydrogen-bond acceptors (Lipinski definition) is 4. The molecule has 0 spiro atoms. The summed E-state index contributed by atoms with van der Waals surface area (Å²) in [5.74, 6) is 0.322. The molecular formula is C33H63O4P. The average Bonchev–Trinajstić information content (AvgIpc) is 2.93.